The van der Waals surface area contributed by atoms with Crippen LogP contribution in [-0.2, 0) is 5.41 Å². The van der Waals surface area contributed by atoms with Crippen molar-refractivity contribution in [1.82, 2.24) is 0 Å². The highest BCUT2D eigenvalue weighted by molar-refractivity contribution is 5.80. The number of hydrogen-bond donors (Lipinski definition) is 0. The van der Waals surface area contributed by atoms with Gasteiger partial charge in [0.15, 0.2) is 0 Å². The number of ether oxygens (including phenoxy) is 1. The molecule has 0 fully saturated rings. The summed E-state index contributed by atoms with van der Waals surface area (Å²) in [6, 6.07) is 8.22. The molecule has 1 rings (SSSR count). The van der Waals surface area contributed by atoms with Gasteiger partial charge in [-0.05, 0) is 30.0 Å². The largest absolute Gasteiger partial charge is 0.496 e. The highest BCUT2D eigenvalue weighted by Crippen LogP contribution is 2.31. The number of rotatable bonds is 2. The van der Waals surface area contributed by atoms with Crippen molar-refractivity contribution in [2.45, 2.75) is 33.1 Å². The highest BCUT2D eigenvalue weighted by Gasteiger charge is 2.17. The Morgan fingerprint density at radius 3 is 2.41 bits per heavy atom. The molecular formula is C15H19NO. The second kappa shape index (κ2) is 5.05. The quantitative estimate of drug-likeness (QED) is 0.720. The van der Waals surface area contributed by atoms with E-state index < -0.39 is 0 Å². The number of nitrogens with zero attached hydrogens (tertiary/aromatic N) is 1. The van der Waals surface area contributed by atoms with Crippen LogP contribution in [0.4, 0.5) is 0 Å². The van der Waals surface area contributed by atoms with Crippen molar-refractivity contribution >= 4 is 5.57 Å². The van der Waals surface area contributed by atoms with Crippen LogP contribution in [0, 0.1) is 11.3 Å². The van der Waals surface area contributed by atoms with Crippen LogP contribution in [-0.4, -0.2) is 7.11 Å². The molecule has 0 aromatic heterocycles. The smallest absolute Gasteiger partial charge is 0.127 e. The first-order chi connectivity index (χ1) is 7.93. The molecule has 2 nitrogen and oxygen atoms in total. The van der Waals surface area contributed by atoms with Gasteiger partial charge in [0.2, 0.25) is 0 Å². The van der Waals surface area contributed by atoms with Gasteiger partial charge in [-0.3, -0.25) is 0 Å². The predicted octanol–water partition coefficient (Wildman–Crippen LogP) is 3.92. The number of benzene rings is 1. The molecule has 0 saturated heterocycles. The minimum atomic E-state index is 0.0648. The summed E-state index contributed by atoms with van der Waals surface area (Å²) < 4.78 is 5.31. The third-order valence-corrected chi connectivity index (χ3v) is 2.76. The second-order valence-corrected chi connectivity index (χ2v) is 4.98. The zero-order valence-electron chi connectivity index (χ0n) is 11.2. The van der Waals surface area contributed by atoms with Crippen molar-refractivity contribution in [3.8, 4) is 11.8 Å². The molecule has 0 radical (unpaired) electrons. The van der Waals surface area contributed by atoms with E-state index in [9.17, 15) is 0 Å². The lowest BCUT2D eigenvalue weighted by Crippen LogP contribution is -2.11. The van der Waals surface area contributed by atoms with Crippen molar-refractivity contribution in [3.63, 3.8) is 0 Å². The van der Waals surface area contributed by atoms with Gasteiger partial charge in [-0.15, -0.1) is 0 Å². The summed E-state index contributed by atoms with van der Waals surface area (Å²) >= 11 is 0. The summed E-state index contributed by atoms with van der Waals surface area (Å²) in [7, 11) is 1.63. The number of hydrogen-bond acceptors (Lipinski definition) is 2. The fraction of sp³-hybridized carbons (Fsp3) is 0.400. The van der Waals surface area contributed by atoms with Crippen LogP contribution in [0.15, 0.2) is 24.3 Å². The Morgan fingerprint density at radius 1 is 1.35 bits per heavy atom. The molecule has 0 aliphatic carbocycles. The highest BCUT2D eigenvalue weighted by atomic mass is 16.5. The Bertz CT molecular complexity index is 473. The van der Waals surface area contributed by atoms with Gasteiger partial charge in [-0.25, -0.2) is 0 Å². The van der Waals surface area contributed by atoms with Crippen LogP contribution < -0.4 is 4.74 Å². The molecule has 0 atom stereocenters. The first-order valence-electron chi connectivity index (χ1n) is 5.69. The minimum Gasteiger partial charge on any atom is -0.496 e. The Labute approximate surface area is 104 Å². The van der Waals surface area contributed by atoms with Crippen molar-refractivity contribution in [2.75, 3.05) is 7.11 Å². The summed E-state index contributed by atoms with van der Waals surface area (Å²) in [5, 5.41) is 9.12. The van der Waals surface area contributed by atoms with Crippen LogP contribution in [0.3, 0.4) is 0 Å². The fourth-order valence-electron chi connectivity index (χ4n) is 1.67. The van der Waals surface area contributed by atoms with Gasteiger partial charge < -0.3 is 4.74 Å². The van der Waals surface area contributed by atoms with Crippen molar-refractivity contribution in [3.05, 3.63) is 35.4 Å². The van der Waals surface area contributed by atoms with Gasteiger partial charge in [0, 0.05) is 5.56 Å². The zero-order chi connectivity index (χ0) is 13.1. The predicted molar refractivity (Wildman–Crippen MR) is 71.0 cm³/mol. The average molecular weight is 229 g/mol. The maximum absolute atomic E-state index is 9.12. The summed E-state index contributed by atoms with van der Waals surface area (Å²) in [6.07, 6.45) is 1.81. The fourth-order valence-corrected chi connectivity index (χ4v) is 1.67. The molecule has 2 heteroatoms. The molecule has 0 spiro atoms. The van der Waals surface area contributed by atoms with E-state index in [-0.39, 0.29) is 5.41 Å². The molecule has 0 bridgehead atoms. The van der Waals surface area contributed by atoms with Gasteiger partial charge in [-0.2, -0.15) is 5.26 Å². The number of allylic oxidation sites excluding steroid dienone is 2. The van der Waals surface area contributed by atoms with E-state index in [0.717, 1.165) is 11.3 Å². The molecule has 0 aliphatic heterocycles. The van der Waals surface area contributed by atoms with Crippen molar-refractivity contribution in [1.29, 1.82) is 5.26 Å². The minimum absolute atomic E-state index is 0.0648. The molecule has 0 heterocycles. The van der Waals surface area contributed by atoms with Gasteiger partial charge in [0.25, 0.3) is 0 Å². The number of nitriles is 1. The topological polar surface area (TPSA) is 33.0 Å². The van der Waals surface area contributed by atoms with Crippen molar-refractivity contribution < 1.29 is 4.74 Å². The standard InChI is InChI=1S/C15H19NO/c1-6-11(10-16)13-9-12(15(2,3)4)7-8-14(13)17-5/h6-9H,1-5H3/b11-6+. The second-order valence-electron chi connectivity index (χ2n) is 4.98. The maximum atomic E-state index is 9.12. The Hall–Kier alpha value is -1.75. The summed E-state index contributed by atoms with van der Waals surface area (Å²) in [5.41, 5.74) is 2.77. The van der Waals surface area contributed by atoms with Crippen LogP contribution in [0.25, 0.3) is 5.57 Å². The van der Waals surface area contributed by atoms with E-state index in [4.69, 9.17) is 10.00 Å². The van der Waals surface area contributed by atoms with Gasteiger partial charge >= 0.3 is 0 Å². The molecule has 0 amide bonds. The summed E-state index contributed by atoms with van der Waals surface area (Å²) in [4.78, 5) is 0. The molecule has 1 aromatic rings. The van der Waals surface area contributed by atoms with Crippen LogP contribution in [0.5, 0.6) is 5.75 Å². The van der Waals surface area contributed by atoms with E-state index in [2.05, 4.69) is 26.8 Å². The van der Waals surface area contributed by atoms with Gasteiger partial charge in [0.05, 0.1) is 18.8 Å². The van der Waals surface area contributed by atoms with Crippen LogP contribution in [0.2, 0.25) is 0 Å². The molecule has 17 heavy (non-hydrogen) atoms. The maximum Gasteiger partial charge on any atom is 0.127 e. The Kier molecular flexibility index (Phi) is 3.96. The SMILES string of the molecule is C/C=C(\C#N)c1cc(C(C)(C)C)ccc1OC. The average Bonchev–Trinajstić information content (AvgIpc) is 2.29. The van der Waals surface area contributed by atoms with E-state index in [1.165, 1.54) is 5.56 Å². The molecule has 90 valence electrons. The van der Waals surface area contributed by atoms with E-state index >= 15 is 0 Å². The molecule has 1 aromatic carbocycles. The monoisotopic (exact) mass is 229 g/mol. The summed E-state index contributed by atoms with van der Waals surface area (Å²) in [5.74, 6) is 0.743. The van der Waals surface area contributed by atoms with Crippen LogP contribution >= 0.6 is 0 Å². The third kappa shape index (κ3) is 2.88. The van der Waals surface area contributed by atoms with Crippen LogP contribution in [0.1, 0.15) is 38.8 Å². The van der Waals surface area contributed by atoms with Gasteiger partial charge in [0.1, 0.15) is 5.75 Å². The molecule has 0 unspecified atom stereocenters. The molecule has 0 aliphatic rings. The lowest BCUT2D eigenvalue weighted by Gasteiger charge is -2.21. The Balaban J connectivity index is 3.41. The van der Waals surface area contributed by atoms with E-state index in [1.54, 1.807) is 7.11 Å². The van der Waals surface area contributed by atoms with E-state index in [1.807, 2.05) is 31.2 Å². The number of methoxy groups -OCH3 is 1. The Morgan fingerprint density at radius 2 is 2.00 bits per heavy atom. The normalized spacial score (nSPS) is 12.1. The molecule has 0 saturated carbocycles. The van der Waals surface area contributed by atoms with Gasteiger partial charge in [-0.1, -0.05) is 32.9 Å². The lowest BCUT2D eigenvalue weighted by atomic mass is 9.85. The summed E-state index contributed by atoms with van der Waals surface area (Å²) in [6.45, 7) is 8.32. The zero-order valence-corrected chi connectivity index (χ0v) is 11.2. The first kappa shape index (κ1) is 13.3. The third-order valence-electron chi connectivity index (χ3n) is 2.76. The van der Waals surface area contributed by atoms with E-state index in [0.29, 0.717) is 5.57 Å². The first-order valence-corrected chi connectivity index (χ1v) is 5.69. The molecule has 0 N–H and O–H groups in total. The van der Waals surface area contributed by atoms with Crippen molar-refractivity contribution in [2.24, 2.45) is 0 Å². The lowest BCUT2D eigenvalue weighted by molar-refractivity contribution is 0.413. The molecular weight excluding hydrogens is 210 g/mol.